The van der Waals surface area contributed by atoms with E-state index in [0.29, 0.717) is 0 Å². The molecule has 1 amide bonds. The van der Waals surface area contributed by atoms with Gasteiger partial charge in [-0.05, 0) is 30.4 Å². The zero-order valence-corrected chi connectivity index (χ0v) is 13.5. The van der Waals surface area contributed by atoms with E-state index in [1.807, 2.05) is 27.7 Å². The van der Waals surface area contributed by atoms with Gasteiger partial charge in [0.1, 0.15) is 11.2 Å². The van der Waals surface area contributed by atoms with Gasteiger partial charge in [-0.3, -0.25) is 9.78 Å². The van der Waals surface area contributed by atoms with Crippen molar-refractivity contribution >= 4 is 17.7 Å². The summed E-state index contributed by atoms with van der Waals surface area (Å²) in [5, 5.41) is 12.1. The summed E-state index contributed by atoms with van der Waals surface area (Å²) < 4.78 is 0. The Balaban J connectivity index is 2.54. The lowest BCUT2D eigenvalue weighted by Crippen LogP contribution is -2.41. The van der Waals surface area contributed by atoms with Crippen LogP contribution in [0.5, 0.6) is 0 Å². The van der Waals surface area contributed by atoms with Crippen molar-refractivity contribution in [1.82, 2.24) is 10.3 Å². The minimum Gasteiger partial charge on any atom is -0.478 e. The van der Waals surface area contributed by atoms with Crippen LogP contribution >= 0.6 is 0 Å². The topological polar surface area (TPSA) is 91.7 Å². The molecule has 6 nitrogen and oxygen atoms in total. The number of hydrogen-bond donors (Lipinski definition) is 2. The maximum Gasteiger partial charge on any atom is 0.338 e. The van der Waals surface area contributed by atoms with Gasteiger partial charge in [-0.15, -0.1) is 0 Å². The summed E-state index contributed by atoms with van der Waals surface area (Å²) in [5.41, 5.74) is 0.189. The molecule has 1 unspecified atom stereocenters. The lowest BCUT2D eigenvalue weighted by molar-refractivity contribution is -0.124. The zero-order chi connectivity index (χ0) is 16.7. The number of carboxylic acid groups (broad SMARTS) is 1. The van der Waals surface area contributed by atoms with Crippen molar-refractivity contribution in [3.8, 4) is 0 Å². The Kier molecular flexibility index (Phi) is 4.04. The Bertz CT molecular complexity index is 665. The van der Waals surface area contributed by atoms with Crippen LogP contribution in [0, 0.1) is 5.92 Å². The molecule has 6 heteroatoms. The second-order valence-electron chi connectivity index (χ2n) is 6.34. The minimum atomic E-state index is -1.08. The molecule has 1 aliphatic rings. The second-order valence-corrected chi connectivity index (χ2v) is 6.34. The molecule has 0 fully saturated rings. The standard InChI is InChI=1S/C16H21N3O3/c1-8(2)10-6-11(14(20)21)12(17-7-10)13-18-15(22)16(5,19-13)9(3)4/h6-9H,1-5H3,(H,20,21)(H,18,19,22). The first-order valence-electron chi connectivity index (χ1n) is 7.31. The molecule has 1 atom stereocenters. The third kappa shape index (κ3) is 2.61. The number of hydrogen-bond acceptors (Lipinski definition) is 4. The number of carboxylic acids is 1. The van der Waals surface area contributed by atoms with Crippen molar-refractivity contribution < 1.29 is 14.7 Å². The highest BCUT2D eigenvalue weighted by Crippen LogP contribution is 2.27. The zero-order valence-electron chi connectivity index (χ0n) is 13.5. The normalized spacial score (nSPS) is 21.2. The van der Waals surface area contributed by atoms with Crippen LogP contribution < -0.4 is 5.32 Å². The van der Waals surface area contributed by atoms with E-state index >= 15 is 0 Å². The number of rotatable bonds is 4. The third-order valence-electron chi connectivity index (χ3n) is 4.19. The van der Waals surface area contributed by atoms with Crippen LogP contribution in [0.4, 0.5) is 0 Å². The summed E-state index contributed by atoms with van der Waals surface area (Å²) in [6.07, 6.45) is 1.63. The molecule has 1 aliphatic heterocycles. The molecule has 2 heterocycles. The molecule has 1 aromatic heterocycles. The minimum absolute atomic E-state index is 0.00628. The highest BCUT2D eigenvalue weighted by atomic mass is 16.4. The van der Waals surface area contributed by atoms with E-state index in [9.17, 15) is 14.7 Å². The Hall–Kier alpha value is -2.24. The Labute approximate surface area is 129 Å². The molecule has 0 aromatic carbocycles. The smallest absolute Gasteiger partial charge is 0.338 e. The van der Waals surface area contributed by atoms with Gasteiger partial charge < -0.3 is 10.4 Å². The molecule has 2 rings (SSSR count). The van der Waals surface area contributed by atoms with Gasteiger partial charge in [0.25, 0.3) is 5.91 Å². The third-order valence-corrected chi connectivity index (χ3v) is 4.19. The Morgan fingerprint density at radius 2 is 1.95 bits per heavy atom. The van der Waals surface area contributed by atoms with Gasteiger partial charge in [0.15, 0.2) is 5.84 Å². The van der Waals surface area contributed by atoms with Crippen LogP contribution in [0.3, 0.4) is 0 Å². The first-order chi connectivity index (χ1) is 10.2. The van der Waals surface area contributed by atoms with Gasteiger partial charge in [0.05, 0.1) is 5.56 Å². The number of carbonyl (C=O) groups excluding carboxylic acids is 1. The Morgan fingerprint density at radius 1 is 1.32 bits per heavy atom. The Morgan fingerprint density at radius 3 is 2.41 bits per heavy atom. The van der Waals surface area contributed by atoms with Crippen LogP contribution in [0.15, 0.2) is 17.3 Å². The summed E-state index contributed by atoms with van der Waals surface area (Å²) in [7, 11) is 0. The van der Waals surface area contributed by atoms with Gasteiger partial charge in [0, 0.05) is 6.20 Å². The molecular weight excluding hydrogens is 282 g/mol. The fourth-order valence-corrected chi connectivity index (χ4v) is 2.20. The van der Waals surface area contributed by atoms with Crippen molar-refractivity contribution in [2.24, 2.45) is 10.9 Å². The number of amides is 1. The van der Waals surface area contributed by atoms with Crippen LogP contribution in [-0.4, -0.2) is 33.3 Å². The predicted octanol–water partition coefficient (Wildman–Crippen LogP) is 2.19. The predicted molar refractivity (Wildman–Crippen MR) is 83.2 cm³/mol. The van der Waals surface area contributed by atoms with Gasteiger partial charge in [-0.2, -0.15) is 0 Å². The van der Waals surface area contributed by atoms with E-state index in [1.54, 1.807) is 19.2 Å². The van der Waals surface area contributed by atoms with Gasteiger partial charge in [0.2, 0.25) is 0 Å². The number of carbonyl (C=O) groups is 2. The number of aromatic carboxylic acids is 1. The number of nitrogens with one attached hydrogen (secondary N) is 1. The van der Waals surface area contributed by atoms with Crippen LogP contribution in [0.1, 0.15) is 62.2 Å². The molecule has 0 saturated carbocycles. The summed E-state index contributed by atoms with van der Waals surface area (Å²) in [4.78, 5) is 32.4. The van der Waals surface area contributed by atoms with E-state index in [-0.39, 0.29) is 34.8 Å². The summed E-state index contributed by atoms with van der Waals surface area (Å²) in [6.45, 7) is 9.47. The van der Waals surface area contributed by atoms with Crippen LogP contribution in [0.25, 0.3) is 0 Å². The van der Waals surface area contributed by atoms with Gasteiger partial charge >= 0.3 is 5.97 Å². The first-order valence-corrected chi connectivity index (χ1v) is 7.31. The van der Waals surface area contributed by atoms with Crippen LogP contribution in [0.2, 0.25) is 0 Å². The summed E-state index contributed by atoms with van der Waals surface area (Å²) >= 11 is 0. The van der Waals surface area contributed by atoms with E-state index in [0.717, 1.165) is 5.56 Å². The molecule has 0 saturated heterocycles. The quantitative estimate of drug-likeness (QED) is 0.892. The second kappa shape index (κ2) is 5.51. The van der Waals surface area contributed by atoms with E-state index in [4.69, 9.17) is 0 Å². The molecule has 118 valence electrons. The average molecular weight is 303 g/mol. The molecule has 1 aromatic rings. The van der Waals surface area contributed by atoms with E-state index < -0.39 is 11.5 Å². The highest BCUT2D eigenvalue weighted by molar-refractivity contribution is 6.17. The first kappa shape index (κ1) is 16.1. The van der Waals surface area contributed by atoms with Gasteiger partial charge in [-0.25, -0.2) is 9.79 Å². The highest BCUT2D eigenvalue weighted by Gasteiger charge is 2.43. The molecule has 0 aliphatic carbocycles. The van der Waals surface area contributed by atoms with Crippen LogP contribution in [-0.2, 0) is 4.79 Å². The molecule has 2 N–H and O–H groups in total. The SMILES string of the molecule is CC(C)c1cnc(C2=NC(C)(C(C)C)C(=O)N2)c(C(=O)O)c1. The number of aromatic nitrogens is 1. The maximum absolute atomic E-state index is 12.2. The van der Waals surface area contributed by atoms with Crippen molar-refractivity contribution in [3.63, 3.8) is 0 Å². The summed E-state index contributed by atoms with van der Waals surface area (Å²) in [6, 6.07) is 1.59. The molecule has 22 heavy (non-hydrogen) atoms. The van der Waals surface area contributed by atoms with Crippen molar-refractivity contribution in [2.45, 2.75) is 46.1 Å². The number of nitrogens with zero attached hydrogens (tertiary/aromatic N) is 2. The number of pyridine rings is 1. The molecule has 0 radical (unpaired) electrons. The largest absolute Gasteiger partial charge is 0.478 e. The maximum atomic E-state index is 12.2. The molecule has 0 bridgehead atoms. The van der Waals surface area contributed by atoms with Gasteiger partial charge in [-0.1, -0.05) is 27.7 Å². The van der Waals surface area contributed by atoms with E-state index in [2.05, 4.69) is 15.3 Å². The average Bonchev–Trinajstić information content (AvgIpc) is 2.75. The molecular formula is C16H21N3O3. The van der Waals surface area contributed by atoms with Crippen molar-refractivity contribution in [3.05, 3.63) is 29.1 Å². The lowest BCUT2D eigenvalue weighted by Gasteiger charge is -2.21. The van der Waals surface area contributed by atoms with Crippen molar-refractivity contribution in [1.29, 1.82) is 0 Å². The fraction of sp³-hybridized carbons (Fsp3) is 0.500. The number of amidine groups is 1. The summed E-state index contributed by atoms with van der Waals surface area (Å²) in [5.74, 6) is -0.925. The van der Waals surface area contributed by atoms with Crippen molar-refractivity contribution in [2.75, 3.05) is 0 Å². The fourth-order valence-electron chi connectivity index (χ4n) is 2.20. The lowest BCUT2D eigenvalue weighted by atomic mass is 9.89. The number of aliphatic imine (C=N–C) groups is 1. The van der Waals surface area contributed by atoms with E-state index in [1.165, 1.54) is 0 Å². The monoisotopic (exact) mass is 303 g/mol. The molecule has 0 spiro atoms.